The third-order valence-electron chi connectivity index (χ3n) is 2.14. The summed E-state index contributed by atoms with van der Waals surface area (Å²) in [5.41, 5.74) is 5.64. The van der Waals surface area contributed by atoms with Crippen LogP contribution in [0.2, 0.25) is 0 Å². The van der Waals surface area contributed by atoms with Gasteiger partial charge in [-0.3, -0.25) is 0 Å². The summed E-state index contributed by atoms with van der Waals surface area (Å²) in [5.74, 6) is 1.24. The van der Waals surface area contributed by atoms with Gasteiger partial charge in [0.2, 0.25) is 0 Å². The predicted molar refractivity (Wildman–Crippen MR) is 62.1 cm³/mol. The second-order valence-electron chi connectivity index (χ2n) is 3.08. The molecule has 0 radical (unpaired) electrons. The molecule has 0 aliphatic carbocycles. The zero-order valence-corrected chi connectivity index (χ0v) is 10.0. The van der Waals surface area contributed by atoms with E-state index in [4.69, 9.17) is 5.73 Å². The molecule has 1 rings (SSSR count). The van der Waals surface area contributed by atoms with Crippen molar-refractivity contribution in [1.82, 2.24) is 9.97 Å². The molecule has 78 valence electrons. The number of nitrogens with one attached hydrogen (secondary N) is 1. The lowest BCUT2D eigenvalue weighted by molar-refractivity contribution is 0.667. The summed E-state index contributed by atoms with van der Waals surface area (Å²) in [6, 6.07) is 0.431. The molecule has 0 saturated carbocycles. The molecule has 0 bridgehead atoms. The molecule has 0 aliphatic rings. The van der Waals surface area contributed by atoms with E-state index >= 15 is 0 Å². The summed E-state index contributed by atoms with van der Waals surface area (Å²) in [4.78, 5) is 8.00. The van der Waals surface area contributed by atoms with Crippen LogP contribution in [-0.2, 0) is 0 Å². The van der Waals surface area contributed by atoms with Crippen molar-refractivity contribution in [2.24, 2.45) is 0 Å². The molecule has 0 aliphatic heterocycles. The molecule has 1 aromatic rings. The number of rotatable bonds is 4. The van der Waals surface area contributed by atoms with Gasteiger partial charge >= 0.3 is 0 Å². The second-order valence-corrected chi connectivity index (χ2v) is 3.87. The number of hydrogen-bond acceptors (Lipinski definition) is 4. The maximum atomic E-state index is 5.64. The van der Waals surface area contributed by atoms with Crippen LogP contribution in [0, 0.1) is 0 Å². The van der Waals surface area contributed by atoms with Crippen LogP contribution in [0.1, 0.15) is 26.7 Å². The first kappa shape index (κ1) is 11.2. The van der Waals surface area contributed by atoms with Crippen LogP contribution in [0.25, 0.3) is 0 Å². The van der Waals surface area contributed by atoms with E-state index in [-0.39, 0.29) is 0 Å². The standard InChI is InChI=1S/C9H15BrN4/c1-3-6(4-2)14-9-7(10)8(11)12-5-13-9/h5-6H,3-4H2,1-2H3,(H3,11,12,13,14). The smallest absolute Gasteiger partial charge is 0.146 e. The van der Waals surface area contributed by atoms with Crippen LogP contribution in [0.15, 0.2) is 10.8 Å². The van der Waals surface area contributed by atoms with E-state index in [0.717, 1.165) is 23.1 Å². The van der Waals surface area contributed by atoms with Crippen LogP contribution in [0.3, 0.4) is 0 Å². The highest BCUT2D eigenvalue weighted by molar-refractivity contribution is 9.10. The van der Waals surface area contributed by atoms with Gasteiger partial charge in [0.1, 0.15) is 22.4 Å². The van der Waals surface area contributed by atoms with Crippen molar-refractivity contribution < 1.29 is 0 Å². The molecule has 1 aromatic heterocycles. The number of anilines is 2. The number of aromatic nitrogens is 2. The van der Waals surface area contributed by atoms with Gasteiger partial charge in [-0.15, -0.1) is 0 Å². The Hall–Kier alpha value is -0.840. The summed E-state index contributed by atoms with van der Waals surface area (Å²) >= 11 is 3.35. The Bertz CT molecular complexity index is 299. The number of nitrogens with zero attached hydrogens (tertiary/aromatic N) is 2. The largest absolute Gasteiger partial charge is 0.383 e. The minimum Gasteiger partial charge on any atom is -0.383 e. The highest BCUT2D eigenvalue weighted by atomic mass is 79.9. The molecule has 0 aromatic carbocycles. The van der Waals surface area contributed by atoms with Crippen LogP contribution in [0.4, 0.5) is 11.6 Å². The molecule has 0 fully saturated rings. The molecule has 14 heavy (non-hydrogen) atoms. The van der Waals surface area contributed by atoms with Gasteiger partial charge in [0.15, 0.2) is 0 Å². The van der Waals surface area contributed by atoms with E-state index in [9.17, 15) is 0 Å². The molecule has 0 unspecified atom stereocenters. The van der Waals surface area contributed by atoms with Crippen LogP contribution in [0.5, 0.6) is 0 Å². The highest BCUT2D eigenvalue weighted by Crippen LogP contribution is 2.25. The van der Waals surface area contributed by atoms with Crippen LogP contribution < -0.4 is 11.1 Å². The van der Waals surface area contributed by atoms with Gasteiger partial charge in [-0.1, -0.05) is 13.8 Å². The average molecular weight is 259 g/mol. The van der Waals surface area contributed by atoms with Gasteiger partial charge < -0.3 is 11.1 Å². The summed E-state index contributed by atoms with van der Waals surface area (Å²) in [6.07, 6.45) is 3.59. The van der Waals surface area contributed by atoms with Crippen molar-refractivity contribution in [2.45, 2.75) is 32.7 Å². The maximum Gasteiger partial charge on any atom is 0.146 e. The molecule has 0 atom stereocenters. The lowest BCUT2D eigenvalue weighted by Gasteiger charge is -2.16. The van der Waals surface area contributed by atoms with Crippen LogP contribution in [-0.4, -0.2) is 16.0 Å². The van der Waals surface area contributed by atoms with Gasteiger partial charge in [-0.2, -0.15) is 0 Å². The van der Waals surface area contributed by atoms with Crippen molar-refractivity contribution in [1.29, 1.82) is 0 Å². The molecule has 0 saturated heterocycles. The molecule has 0 spiro atoms. The first-order chi connectivity index (χ1) is 6.69. The van der Waals surface area contributed by atoms with E-state index in [1.54, 1.807) is 0 Å². The van der Waals surface area contributed by atoms with Crippen molar-refractivity contribution in [3.8, 4) is 0 Å². The average Bonchev–Trinajstić information content (AvgIpc) is 2.20. The number of nitrogens with two attached hydrogens (primary N) is 1. The van der Waals surface area contributed by atoms with E-state index in [2.05, 4.69) is 45.1 Å². The molecule has 3 N–H and O–H groups in total. The predicted octanol–water partition coefficient (Wildman–Crippen LogP) is 2.42. The van der Waals surface area contributed by atoms with E-state index < -0.39 is 0 Å². The zero-order valence-electron chi connectivity index (χ0n) is 8.42. The van der Waals surface area contributed by atoms with Crippen molar-refractivity contribution in [3.63, 3.8) is 0 Å². The monoisotopic (exact) mass is 258 g/mol. The SMILES string of the molecule is CCC(CC)Nc1ncnc(N)c1Br. The number of hydrogen-bond donors (Lipinski definition) is 2. The zero-order chi connectivity index (χ0) is 10.6. The lowest BCUT2D eigenvalue weighted by atomic mass is 10.2. The number of halogens is 1. The molecular weight excluding hydrogens is 244 g/mol. The molecule has 5 heteroatoms. The lowest BCUT2D eigenvalue weighted by Crippen LogP contribution is -2.18. The molecule has 1 heterocycles. The van der Waals surface area contributed by atoms with Gasteiger partial charge in [0.05, 0.1) is 0 Å². The highest BCUT2D eigenvalue weighted by Gasteiger charge is 2.09. The van der Waals surface area contributed by atoms with Gasteiger partial charge in [-0.05, 0) is 28.8 Å². The van der Waals surface area contributed by atoms with E-state index in [1.807, 2.05) is 0 Å². The van der Waals surface area contributed by atoms with Gasteiger partial charge in [-0.25, -0.2) is 9.97 Å². The first-order valence-corrected chi connectivity index (χ1v) is 5.50. The van der Waals surface area contributed by atoms with Crippen molar-refractivity contribution in [3.05, 3.63) is 10.8 Å². The topological polar surface area (TPSA) is 63.8 Å². The quantitative estimate of drug-likeness (QED) is 0.871. The Morgan fingerprint density at radius 1 is 1.43 bits per heavy atom. The molecular formula is C9H15BrN4. The first-order valence-electron chi connectivity index (χ1n) is 4.71. The number of nitrogen functional groups attached to an aromatic ring is 1. The normalized spacial score (nSPS) is 10.6. The summed E-state index contributed by atoms with van der Waals surface area (Å²) in [7, 11) is 0. The Morgan fingerprint density at radius 2 is 2.07 bits per heavy atom. The minimum absolute atomic E-state index is 0.431. The molecule has 4 nitrogen and oxygen atoms in total. The fraction of sp³-hybridized carbons (Fsp3) is 0.556. The summed E-state index contributed by atoms with van der Waals surface area (Å²) in [5, 5.41) is 3.31. The summed E-state index contributed by atoms with van der Waals surface area (Å²) < 4.78 is 0.743. The van der Waals surface area contributed by atoms with Crippen molar-refractivity contribution >= 4 is 27.6 Å². The van der Waals surface area contributed by atoms with E-state index in [1.165, 1.54) is 6.33 Å². The maximum absolute atomic E-state index is 5.64. The second kappa shape index (κ2) is 5.14. The van der Waals surface area contributed by atoms with Gasteiger partial charge in [0.25, 0.3) is 0 Å². The van der Waals surface area contributed by atoms with Crippen LogP contribution >= 0.6 is 15.9 Å². The minimum atomic E-state index is 0.431. The Kier molecular flexibility index (Phi) is 4.13. The van der Waals surface area contributed by atoms with Gasteiger partial charge in [0, 0.05) is 6.04 Å². The Morgan fingerprint density at radius 3 is 2.64 bits per heavy atom. The third-order valence-corrected chi connectivity index (χ3v) is 2.92. The fourth-order valence-corrected chi connectivity index (χ4v) is 1.49. The van der Waals surface area contributed by atoms with Crippen molar-refractivity contribution in [2.75, 3.05) is 11.1 Å². The Labute approximate surface area is 92.5 Å². The Balaban J connectivity index is 2.80. The third kappa shape index (κ3) is 2.57. The summed E-state index contributed by atoms with van der Waals surface area (Å²) in [6.45, 7) is 4.28. The molecule has 0 amide bonds. The fourth-order valence-electron chi connectivity index (χ4n) is 1.17. The van der Waals surface area contributed by atoms with E-state index in [0.29, 0.717) is 11.9 Å².